The molecule has 0 bridgehead atoms. The fourth-order valence-corrected chi connectivity index (χ4v) is 1.32. The maximum atomic E-state index is 10.7. The van der Waals surface area contributed by atoms with E-state index in [0.29, 0.717) is 6.29 Å². The Morgan fingerprint density at radius 1 is 1.40 bits per heavy atom. The molecule has 0 heterocycles. The van der Waals surface area contributed by atoms with Crippen LogP contribution in [0.15, 0.2) is 41.1 Å². The van der Waals surface area contributed by atoms with Crippen LogP contribution in [0.3, 0.4) is 0 Å². The molecule has 2 N–H and O–H groups in total. The second-order valence-corrected chi connectivity index (χ2v) is 3.34. The highest BCUT2D eigenvalue weighted by Gasteiger charge is 2.05. The minimum atomic E-state index is 0.137. The van der Waals surface area contributed by atoms with Crippen LogP contribution in [0.2, 0.25) is 0 Å². The molecule has 0 saturated carbocycles. The molecule has 0 atom stereocenters. The number of carbonyl (C=O) groups is 1. The van der Waals surface area contributed by atoms with E-state index in [2.05, 4.69) is 5.32 Å². The quantitative estimate of drug-likeness (QED) is 0.356. The summed E-state index contributed by atoms with van der Waals surface area (Å²) < 4.78 is 0. The highest BCUT2D eigenvalue weighted by Crippen LogP contribution is 2.14. The Kier molecular flexibility index (Phi) is 4.06. The molecule has 0 aliphatic carbocycles. The van der Waals surface area contributed by atoms with Crippen LogP contribution < -0.4 is 5.32 Å². The van der Waals surface area contributed by atoms with Gasteiger partial charge in [-0.3, -0.25) is 4.79 Å². The average molecular weight is 223 g/mol. The predicted octanol–water partition coefficient (Wildman–Crippen LogP) is 2.79. The number of hydrogen-bond donors (Lipinski definition) is 2. The van der Waals surface area contributed by atoms with Crippen molar-refractivity contribution in [3.63, 3.8) is 0 Å². The fourth-order valence-electron chi connectivity index (χ4n) is 1.02. The molecule has 15 heavy (non-hydrogen) atoms. The highest BCUT2D eigenvalue weighted by molar-refractivity contribution is 6.36. The lowest BCUT2D eigenvalue weighted by Gasteiger charge is -2.06. The number of allylic oxidation sites excluding steroid dienone is 1. The molecule has 0 unspecified atom stereocenters. The number of nitrogens with one attached hydrogen (secondary N) is 2. The van der Waals surface area contributed by atoms with Crippen LogP contribution in [0.1, 0.15) is 6.92 Å². The molecule has 78 valence electrons. The van der Waals surface area contributed by atoms with Gasteiger partial charge in [-0.1, -0.05) is 29.8 Å². The molecule has 0 fully saturated rings. The van der Waals surface area contributed by atoms with Crippen molar-refractivity contribution in [3.05, 3.63) is 41.1 Å². The normalized spacial score (nSPS) is 11.6. The van der Waals surface area contributed by atoms with Gasteiger partial charge < -0.3 is 10.7 Å². The lowest BCUT2D eigenvalue weighted by molar-refractivity contribution is -0.104. The van der Waals surface area contributed by atoms with Crippen molar-refractivity contribution in [2.24, 2.45) is 0 Å². The van der Waals surface area contributed by atoms with Gasteiger partial charge in [0.25, 0.3) is 0 Å². The van der Waals surface area contributed by atoms with Crippen LogP contribution in [0, 0.1) is 5.41 Å². The molecule has 0 spiro atoms. The van der Waals surface area contributed by atoms with E-state index in [1.807, 2.05) is 30.3 Å². The van der Waals surface area contributed by atoms with Gasteiger partial charge in [0, 0.05) is 11.4 Å². The summed E-state index contributed by atoms with van der Waals surface area (Å²) in [6.07, 6.45) is 0.570. The van der Waals surface area contributed by atoms with E-state index in [0.717, 1.165) is 5.69 Å². The highest BCUT2D eigenvalue weighted by atomic mass is 35.5. The van der Waals surface area contributed by atoms with E-state index >= 15 is 0 Å². The zero-order valence-electron chi connectivity index (χ0n) is 8.25. The van der Waals surface area contributed by atoms with Gasteiger partial charge in [0.2, 0.25) is 0 Å². The van der Waals surface area contributed by atoms with E-state index in [1.165, 1.54) is 6.92 Å². The zero-order valence-corrected chi connectivity index (χ0v) is 9.01. The van der Waals surface area contributed by atoms with Gasteiger partial charge in [-0.05, 0) is 19.1 Å². The van der Waals surface area contributed by atoms with Gasteiger partial charge in [0.1, 0.15) is 5.16 Å². The van der Waals surface area contributed by atoms with Crippen molar-refractivity contribution in [2.45, 2.75) is 6.92 Å². The molecule has 0 saturated heterocycles. The summed E-state index contributed by atoms with van der Waals surface area (Å²) in [5.41, 5.74) is 1.09. The number of halogens is 1. The number of benzene rings is 1. The number of para-hydroxylation sites is 1. The first-order valence-corrected chi connectivity index (χ1v) is 4.75. The number of aldehydes is 1. The van der Waals surface area contributed by atoms with E-state index in [1.54, 1.807) is 0 Å². The Bertz CT molecular complexity index is 398. The molecule has 0 aliphatic rings. The molecule has 0 amide bonds. The van der Waals surface area contributed by atoms with E-state index in [-0.39, 0.29) is 16.4 Å². The molecule has 3 nitrogen and oxygen atoms in total. The van der Waals surface area contributed by atoms with Crippen molar-refractivity contribution < 1.29 is 4.79 Å². The summed E-state index contributed by atoms with van der Waals surface area (Å²) in [6.45, 7) is 1.51. The SMILES string of the molecule is CC(=N)/C(C=O)=C(/Cl)Nc1ccccc1. The smallest absolute Gasteiger partial charge is 0.154 e. The number of carbonyl (C=O) groups excluding carboxylic acids is 1. The van der Waals surface area contributed by atoms with Crippen LogP contribution in [0.4, 0.5) is 5.69 Å². The van der Waals surface area contributed by atoms with Crippen molar-refractivity contribution in [2.75, 3.05) is 5.32 Å². The summed E-state index contributed by atoms with van der Waals surface area (Å²) in [5, 5.41) is 10.4. The van der Waals surface area contributed by atoms with Gasteiger partial charge in [0.05, 0.1) is 5.57 Å². The van der Waals surface area contributed by atoms with Crippen molar-refractivity contribution in [3.8, 4) is 0 Å². The van der Waals surface area contributed by atoms with Crippen LogP contribution in [-0.4, -0.2) is 12.0 Å². The van der Waals surface area contributed by atoms with Gasteiger partial charge in [-0.2, -0.15) is 0 Å². The largest absolute Gasteiger partial charge is 0.345 e. The second-order valence-electron chi connectivity index (χ2n) is 2.96. The van der Waals surface area contributed by atoms with Crippen LogP contribution in [0.5, 0.6) is 0 Å². The molecular weight excluding hydrogens is 212 g/mol. The van der Waals surface area contributed by atoms with Crippen molar-refractivity contribution >= 4 is 29.3 Å². The topological polar surface area (TPSA) is 53.0 Å². The predicted molar refractivity (Wildman–Crippen MR) is 62.4 cm³/mol. The van der Waals surface area contributed by atoms with Crippen LogP contribution in [0.25, 0.3) is 0 Å². The Balaban J connectivity index is 2.91. The van der Waals surface area contributed by atoms with E-state index < -0.39 is 0 Å². The molecule has 1 rings (SSSR count). The maximum Gasteiger partial charge on any atom is 0.154 e. The standard InChI is InChI=1S/C11H11ClN2O/c1-8(13)10(7-15)11(12)14-9-5-3-2-4-6-9/h2-7,13-14H,1H3/b11-10-,13-8?. The Morgan fingerprint density at radius 3 is 2.47 bits per heavy atom. The Morgan fingerprint density at radius 2 is 2.00 bits per heavy atom. The third kappa shape index (κ3) is 3.22. The summed E-state index contributed by atoms with van der Waals surface area (Å²) in [5.74, 6) is 0. The van der Waals surface area contributed by atoms with Crippen molar-refractivity contribution in [1.82, 2.24) is 0 Å². The molecule has 0 aromatic heterocycles. The summed E-state index contributed by atoms with van der Waals surface area (Å²) >= 11 is 5.87. The first kappa shape index (κ1) is 11.5. The second kappa shape index (κ2) is 5.32. The minimum absolute atomic E-state index is 0.137. The monoisotopic (exact) mass is 222 g/mol. The number of anilines is 1. The van der Waals surface area contributed by atoms with Gasteiger partial charge >= 0.3 is 0 Å². The summed E-state index contributed by atoms with van der Waals surface area (Å²) in [4.78, 5) is 10.7. The van der Waals surface area contributed by atoms with Crippen molar-refractivity contribution in [1.29, 1.82) is 5.41 Å². The van der Waals surface area contributed by atoms with Gasteiger partial charge in [-0.25, -0.2) is 0 Å². The molecule has 1 aromatic carbocycles. The minimum Gasteiger partial charge on any atom is -0.345 e. The number of rotatable bonds is 4. The Hall–Kier alpha value is -1.61. The summed E-state index contributed by atoms with van der Waals surface area (Å²) in [6, 6.07) is 9.23. The third-order valence-corrected chi connectivity index (χ3v) is 2.08. The molecule has 1 aromatic rings. The van der Waals surface area contributed by atoms with Gasteiger partial charge in [0.15, 0.2) is 6.29 Å². The first-order chi connectivity index (χ1) is 7.15. The average Bonchev–Trinajstić information content (AvgIpc) is 2.19. The first-order valence-electron chi connectivity index (χ1n) is 4.37. The van der Waals surface area contributed by atoms with E-state index in [9.17, 15) is 4.79 Å². The van der Waals surface area contributed by atoms with E-state index in [4.69, 9.17) is 17.0 Å². The third-order valence-electron chi connectivity index (χ3n) is 1.79. The van der Waals surface area contributed by atoms with Crippen LogP contribution >= 0.6 is 11.6 Å². The molecular formula is C11H11ClN2O. The maximum absolute atomic E-state index is 10.7. The molecule has 4 heteroatoms. The molecule has 0 radical (unpaired) electrons. The lowest BCUT2D eigenvalue weighted by Crippen LogP contribution is -2.05. The number of hydrogen-bond acceptors (Lipinski definition) is 3. The summed E-state index contributed by atoms with van der Waals surface area (Å²) in [7, 11) is 0. The zero-order chi connectivity index (χ0) is 11.3. The van der Waals surface area contributed by atoms with Gasteiger partial charge in [-0.15, -0.1) is 0 Å². The fraction of sp³-hybridized carbons (Fsp3) is 0.0909. The lowest BCUT2D eigenvalue weighted by atomic mass is 10.2. The molecule has 0 aliphatic heterocycles. The van der Waals surface area contributed by atoms with Crippen LogP contribution in [-0.2, 0) is 4.79 Å². The Labute approximate surface area is 93.3 Å².